The fourth-order valence-corrected chi connectivity index (χ4v) is 3.34. The lowest BCUT2D eigenvalue weighted by atomic mass is 10.0. The quantitative estimate of drug-likeness (QED) is 0.403. The van der Waals surface area contributed by atoms with E-state index in [-0.39, 0.29) is 24.3 Å². The number of ether oxygens (including phenoxy) is 1. The van der Waals surface area contributed by atoms with E-state index in [0.717, 1.165) is 12.1 Å². The highest BCUT2D eigenvalue weighted by Gasteiger charge is 2.31. The number of halogens is 3. The first-order valence-corrected chi connectivity index (χ1v) is 10.3. The van der Waals surface area contributed by atoms with Crippen LogP contribution in [0.25, 0.3) is 0 Å². The molecule has 3 aromatic rings. The molecule has 3 N–H and O–H groups in total. The molecule has 0 aromatic heterocycles. The van der Waals surface area contributed by atoms with Crippen molar-refractivity contribution in [2.24, 2.45) is 0 Å². The van der Waals surface area contributed by atoms with E-state index in [1.54, 1.807) is 49.4 Å². The number of hydrogen-bond acceptors (Lipinski definition) is 4. The van der Waals surface area contributed by atoms with E-state index in [4.69, 9.17) is 9.84 Å². The molecule has 3 aromatic carbocycles. The molecule has 0 fully saturated rings. The van der Waals surface area contributed by atoms with E-state index >= 15 is 0 Å². The number of aliphatic carboxylic acids is 1. The van der Waals surface area contributed by atoms with Crippen LogP contribution in [0.3, 0.4) is 0 Å². The highest BCUT2D eigenvalue weighted by atomic mass is 19.4. The predicted molar refractivity (Wildman–Crippen MR) is 117 cm³/mol. The molecular weight excluding hydrogens is 435 g/mol. The summed E-state index contributed by atoms with van der Waals surface area (Å²) in [5.41, 5.74) is 0.627. The highest BCUT2D eigenvalue weighted by Crippen LogP contribution is 2.34. The van der Waals surface area contributed by atoms with Crippen LogP contribution in [0, 0.1) is 0 Å². The first-order chi connectivity index (χ1) is 15.6. The van der Waals surface area contributed by atoms with Gasteiger partial charge in [-0.15, -0.1) is 0 Å². The van der Waals surface area contributed by atoms with Crippen molar-refractivity contribution in [3.63, 3.8) is 0 Å². The summed E-state index contributed by atoms with van der Waals surface area (Å²) in [6, 6.07) is 18.1. The molecule has 0 spiro atoms. The summed E-state index contributed by atoms with van der Waals surface area (Å²) >= 11 is 0. The molecule has 0 aliphatic carbocycles. The van der Waals surface area contributed by atoms with Crippen molar-refractivity contribution in [2.75, 3.05) is 0 Å². The second-order valence-electron chi connectivity index (χ2n) is 7.67. The monoisotopic (exact) mass is 459 g/mol. The molecule has 5 nitrogen and oxygen atoms in total. The molecule has 2 atom stereocenters. The van der Waals surface area contributed by atoms with Gasteiger partial charge in [-0.25, -0.2) is 0 Å². The van der Waals surface area contributed by atoms with Crippen molar-refractivity contribution < 1.29 is 32.9 Å². The van der Waals surface area contributed by atoms with Crippen molar-refractivity contribution in [2.45, 2.75) is 38.2 Å². The molecule has 0 aliphatic heterocycles. The van der Waals surface area contributed by atoms with Crippen LogP contribution in [0.15, 0.2) is 72.8 Å². The van der Waals surface area contributed by atoms with E-state index in [1.165, 1.54) is 12.1 Å². The van der Waals surface area contributed by atoms with Crippen molar-refractivity contribution in [3.8, 4) is 11.5 Å². The number of aliphatic hydroxyl groups excluding tert-OH is 1. The van der Waals surface area contributed by atoms with Crippen LogP contribution in [0.1, 0.15) is 35.3 Å². The molecule has 0 amide bonds. The normalized spacial score (nSPS) is 13.4. The highest BCUT2D eigenvalue weighted by molar-refractivity contribution is 5.70. The van der Waals surface area contributed by atoms with Crippen LogP contribution in [-0.2, 0) is 23.9 Å². The summed E-state index contributed by atoms with van der Waals surface area (Å²) in [6.07, 6.45) is -5.58. The third-order valence-electron chi connectivity index (χ3n) is 5.10. The van der Waals surface area contributed by atoms with Gasteiger partial charge in [-0.2, -0.15) is 13.2 Å². The molecule has 0 saturated heterocycles. The molecule has 0 aliphatic rings. The lowest BCUT2D eigenvalue weighted by Gasteiger charge is -2.22. The van der Waals surface area contributed by atoms with Crippen molar-refractivity contribution in [1.82, 2.24) is 5.32 Å². The fraction of sp³-hybridized carbons (Fsp3) is 0.240. The van der Waals surface area contributed by atoms with E-state index in [9.17, 15) is 23.1 Å². The maximum atomic E-state index is 13.3. The summed E-state index contributed by atoms with van der Waals surface area (Å²) < 4.78 is 45.7. The zero-order valence-electron chi connectivity index (χ0n) is 17.8. The Hall–Kier alpha value is -3.36. The Labute approximate surface area is 189 Å². The zero-order valence-corrected chi connectivity index (χ0v) is 17.8. The lowest BCUT2D eigenvalue weighted by Crippen LogP contribution is -2.31. The summed E-state index contributed by atoms with van der Waals surface area (Å²) in [6.45, 7) is 1.75. The number of benzene rings is 3. The molecule has 0 saturated carbocycles. The van der Waals surface area contributed by atoms with E-state index in [1.807, 2.05) is 6.07 Å². The Kier molecular flexibility index (Phi) is 7.73. The summed E-state index contributed by atoms with van der Waals surface area (Å²) in [4.78, 5) is 11.0. The third-order valence-corrected chi connectivity index (χ3v) is 5.10. The second-order valence-corrected chi connectivity index (χ2v) is 7.67. The van der Waals surface area contributed by atoms with Gasteiger partial charge in [0.2, 0.25) is 0 Å². The van der Waals surface area contributed by atoms with E-state index in [2.05, 4.69) is 5.32 Å². The molecule has 2 unspecified atom stereocenters. The average Bonchev–Trinajstić information content (AvgIpc) is 2.77. The third kappa shape index (κ3) is 6.81. The Morgan fingerprint density at radius 3 is 2.42 bits per heavy atom. The van der Waals surface area contributed by atoms with Crippen LogP contribution in [0.4, 0.5) is 13.2 Å². The fourth-order valence-electron chi connectivity index (χ4n) is 3.34. The Balaban J connectivity index is 1.82. The molecule has 0 heterocycles. The number of rotatable bonds is 9. The molecule has 8 heteroatoms. The molecule has 3 rings (SSSR count). The predicted octanol–water partition coefficient (Wildman–Crippen LogP) is 5.34. The standard InChI is InChI=1S/C25H24F3NO4/c1-16(24(32)18-7-3-2-4-8-18)29-15-19-14-20(25(26,27)28)10-11-22(19)33-21-9-5-6-17(12-21)13-23(30)31/h2-12,14,16,24,29,32H,13,15H2,1H3,(H,30,31). The zero-order chi connectivity index (χ0) is 24.0. The molecule has 0 radical (unpaired) electrons. The van der Waals surface area contributed by atoms with Gasteiger partial charge >= 0.3 is 12.1 Å². The number of carbonyl (C=O) groups is 1. The molecule has 33 heavy (non-hydrogen) atoms. The van der Waals surface area contributed by atoms with Gasteiger partial charge in [-0.3, -0.25) is 4.79 Å². The SMILES string of the molecule is CC(NCc1cc(C(F)(F)F)ccc1Oc1cccc(CC(=O)O)c1)C(O)c1ccccc1. The van der Waals surface area contributed by atoms with Gasteiger partial charge in [0.1, 0.15) is 11.5 Å². The average molecular weight is 459 g/mol. The number of carboxylic acids is 1. The van der Waals surface area contributed by atoms with E-state index in [0.29, 0.717) is 16.9 Å². The molecule has 174 valence electrons. The van der Waals surface area contributed by atoms with Gasteiger partial charge in [0.15, 0.2) is 0 Å². The number of nitrogens with one attached hydrogen (secondary N) is 1. The van der Waals surface area contributed by atoms with Gasteiger partial charge in [0.05, 0.1) is 18.1 Å². The van der Waals surface area contributed by atoms with Gasteiger partial charge in [-0.1, -0.05) is 42.5 Å². The summed E-state index contributed by atoms with van der Waals surface area (Å²) in [5.74, 6) is -0.492. The van der Waals surface area contributed by atoms with E-state index < -0.39 is 29.9 Å². The topological polar surface area (TPSA) is 78.8 Å². The summed E-state index contributed by atoms with van der Waals surface area (Å²) in [7, 11) is 0. The summed E-state index contributed by atoms with van der Waals surface area (Å²) in [5, 5.41) is 22.6. The van der Waals surface area contributed by atoms with Gasteiger partial charge in [0, 0.05) is 18.2 Å². The molecular formula is C25H24F3NO4. The van der Waals surface area contributed by atoms with Crippen molar-refractivity contribution >= 4 is 5.97 Å². The van der Waals surface area contributed by atoms with Crippen molar-refractivity contribution in [3.05, 3.63) is 95.1 Å². The first-order valence-electron chi connectivity index (χ1n) is 10.3. The smallest absolute Gasteiger partial charge is 0.416 e. The minimum absolute atomic E-state index is 0.0130. The Morgan fingerprint density at radius 2 is 1.76 bits per heavy atom. The number of carboxylic acid groups (broad SMARTS) is 1. The van der Waals surface area contributed by atoms with Crippen LogP contribution in [-0.4, -0.2) is 22.2 Å². The lowest BCUT2D eigenvalue weighted by molar-refractivity contribution is -0.138. The minimum Gasteiger partial charge on any atom is -0.481 e. The van der Waals surface area contributed by atoms with Crippen LogP contribution in [0.5, 0.6) is 11.5 Å². The first kappa shape index (κ1) is 24.3. The van der Waals surface area contributed by atoms with Gasteiger partial charge < -0.3 is 20.3 Å². The largest absolute Gasteiger partial charge is 0.481 e. The van der Waals surface area contributed by atoms with Crippen LogP contribution < -0.4 is 10.1 Å². The second kappa shape index (κ2) is 10.5. The Bertz CT molecular complexity index is 1090. The maximum absolute atomic E-state index is 13.3. The van der Waals surface area contributed by atoms with Crippen molar-refractivity contribution in [1.29, 1.82) is 0 Å². The number of hydrogen-bond donors (Lipinski definition) is 3. The van der Waals surface area contributed by atoms with Gasteiger partial charge in [-0.05, 0) is 48.4 Å². The van der Waals surface area contributed by atoms with Gasteiger partial charge in [0.25, 0.3) is 0 Å². The number of alkyl halides is 3. The van der Waals surface area contributed by atoms with Crippen LogP contribution >= 0.6 is 0 Å². The minimum atomic E-state index is -4.52. The number of aliphatic hydroxyl groups is 1. The molecule has 0 bridgehead atoms. The van der Waals surface area contributed by atoms with Crippen LogP contribution in [0.2, 0.25) is 0 Å². The Morgan fingerprint density at radius 1 is 1.03 bits per heavy atom. The maximum Gasteiger partial charge on any atom is 0.416 e.